The molecule has 3 heterocycles. The molecule has 0 bridgehead atoms. The standard InChI is InChI=1S/C16H24N4O3/c1-2-12-11-13(18-17-12)14(22)20-8-4-6-16(20)5-3-7-19(9-10-21)15(16)23/h11,21H,2-10H2,1H3,(H,17,18). The van der Waals surface area contributed by atoms with E-state index in [1.165, 1.54) is 0 Å². The van der Waals surface area contributed by atoms with Gasteiger partial charge in [0.25, 0.3) is 5.91 Å². The molecule has 126 valence electrons. The van der Waals surface area contributed by atoms with E-state index in [0.717, 1.165) is 25.0 Å². The van der Waals surface area contributed by atoms with Crippen molar-refractivity contribution in [3.05, 3.63) is 17.5 Å². The fourth-order valence-corrected chi connectivity index (χ4v) is 3.85. The molecule has 1 aromatic rings. The van der Waals surface area contributed by atoms with Gasteiger partial charge >= 0.3 is 0 Å². The number of aliphatic hydroxyl groups excluding tert-OH is 1. The highest BCUT2D eigenvalue weighted by atomic mass is 16.3. The van der Waals surface area contributed by atoms with Gasteiger partial charge in [-0.15, -0.1) is 0 Å². The molecule has 2 aliphatic rings. The summed E-state index contributed by atoms with van der Waals surface area (Å²) in [5.41, 5.74) is 0.559. The molecule has 1 unspecified atom stereocenters. The summed E-state index contributed by atoms with van der Waals surface area (Å²) in [6.07, 6.45) is 3.87. The molecule has 1 spiro atoms. The first-order chi connectivity index (χ1) is 11.1. The van der Waals surface area contributed by atoms with Crippen LogP contribution in [0.2, 0.25) is 0 Å². The van der Waals surface area contributed by atoms with Crippen LogP contribution in [-0.4, -0.2) is 68.7 Å². The molecule has 7 heteroatoms. The first kappa shape index (κ1) is 16.0. The number of nitrogens with one attached hydrogen (secondary N) is 1. The second-order valence-corrected chi connectivity index (χ2v) is 6.34. The van der Waals surface area contributed by atoms with Crippen molar-refractivity contribution in [1.29, 1.82) is 0 Å². The zero-order valence-corrected chi connectivity index (χ0v) is 13.5. The highest BCUT2D eigenvalue weighted by molar-refractivity contribution is 5.99. The van der Waals surface area contributed by atoms with Crippen LogP contribution in [-0.2, 0) is 11.2 Å². The number of likely N-dealkylation sites (tertiary alicyclic amines) is 2. The Kier molecular flexibility index (Phi) is 4.39. The van der Waals surface area contributed by atoms with E-state index in [-0.39, 0.29) is 18.4 Å². The Morgan fingerprint density at radius 3 is 2.78 bits per heavy atom. The van der Waals surface area contributed by atoms with Gasteiger partial charge in [0.05, 0.1) is 6.61 Å². The average Bonchev–Trinajstić information content (AvgIpc) is 3.19. The van der Waals surface area contributed by atoms with Gasteiger partial charge in [0.2, 0.25) is 5.91 Å². The Morgan fingerprint density at radius 2 is 2.13 bits per heavy atom. The normalized spacial score (nSPS) is 24.7. The number of aromatic amines is 1. The maximum absolute atomic E-state index is 12.9. The largest absolute Gasteiger partial charge is 0.395 e. The first-order valence-electron chi connectivity index (χ1n) is 8.39. The number of nitrogens with zero attached hydrogens (tertiary/aromatic N) is 3. The first-order valence-corrected chi connectivity index (χ1v) is 8.39. The number of aryl methyl sites for hydroxylation is 1. The summed E-state index contributed by atoms with van der Waals surface area (Å²) in [6.45, 7) is 3.54. The highest BCUT2D eigenvalue weighted by Gasteiger charge is 2.52. The lowest BCUT2D eigenvalue weighted by molar-refractivity contribution is -0.146. The van der Waals surface area contributed by atoms with Gasteiger partial charge in [-0.3, -0.25) is 14.7 Å². The van der Waals surface area contributed by atoms with E-state index >= 15 is 0 Å². The molecule has 0 aliphatic carbocycles. The summed E-state index contributed by atoms with van der Waals surface area (Å²) >= 11 is 0. The van der Waals surface area contributed by atoms with Gasteiger partial charge in [0.15, 0.2) is 0 Å². The maximum Gasteiger partial charge on any atom is 0.275 e. The highest BCUT2D eigenvalue weighted by Crippen LogP contribution is 2.39. The molecule has 0 aromatic carbocycles. The monoisotopic (exact) mass is 320 g/mol. The van der Waals surface area contributed by atoms with Gasteiger partial charge in [-0.2, -0.15) is 5.10 Å². The van der Waals surface area contributed by atoms with Gasteiger partial charge in [0.1, 0.15) is 11.2 Å². The zero-order valence-electron chi connectivity index (χ0n) is 13.5. The van der Waals surface area contributed by atoms with E-state index in [2.05, 4.69) is 10.2 Å². The molecule has 7 nitrogen and oxygen atoms in total. The van der Waals surface area contributed by atoms with Crippen LogP contribution in [0.3, 0.4) is 0 Å². The SMILES string of the molecule is CCc1cc(C(=O)N2CCCC23CCCN(CCO)C3=O)n[nH]1. The summed E-state index contributed by atoms with van der Waals surface area (Å²) < 4.78 is 0. The second-order valence-electron chi connectivity index (χ2n) is 6.34. The Morgan fingerprint density at radius 1 is 1.39 bits per heavy atom. The molecular weight excluding hydrogens is 296 g/mol. The molecule has 2 fully saturated rings. The van der Waals surface area contributed by atoms with Gasteiger partial charge < -0.3 is 14.9 Å². The van der Waals surface area contributed by atoms with Crippen molar-refractivity contribution < 1.29 is 14.7 Å². The summed E-state index contributed by atoms with van der Waals surface area (Å²) in [4.78, 5) is 29.2. The van der Waals surface area contributed by atoms with Gasteiger partial charge in [-0.1, -0.05) is 6.92 Å². The van der Waals surface area contributed by atoms with Crippen molar-refractivity contribution in [2.24, 2.45) is 0 Å². The van der Waals surface area contributed by atoms with E-state index in [1.54, 1.807) is 15.9 Å². The lowest BCUT2D eigenvalue weighted by atomic mass is 9.85. The Balaban J connectivity index is 1.86. The third kappa shape index (κ3) is 2.63. The van der Waals surface area contributed by atoms with Crippen molar-refractivity contribution in [2.45, 2.75) is 44.6 Å². The van der Waals surface area contributed by atoms with Gasteiger partial charge in [-0.05, 0) is 38.2 Å². The molecular formula is C16H24N4O3. The summed E-state index contributed by atoms with van der Waals surface area (Å²) in [7, 11) is 0. The molecule has 2 amide bonds. The molecule has 3 rings (SSSR count). The third-order valence-corrected chi connectivity index (χ3v) is 5.04. The quantitative estimate of drug-likeness (QED) is 0.848. The van der Waals surface area contributed by atoms with E-state index in [4.69, 9.17) is 5.11 Å². The van der Waals surface area contributed by atoms with Crippen LogP contribution in [0.25, 0.3) is 0 Å². The van der Waals surface area contributed by atoms with Crippen LogP contribution in [0.15, 0.2) is 6.07 Å². The topological polar surface area (TPSA) is 89.5 Å². The van der Waals surface area contributed by atoms with E-state index in [1.807, 2.05) is 6.92 Å². The van der Waals surface area contributed by atoms with Crippen LogP contribution in [0.4, 0.5) is 0 Å². The number of carbonyl (C=O) groups is 2. The summed E-state index contributed by atoms with van der Waals surface area (Å²) in [6, 6.07) is 1.77. The van der Waals surface area contributed by atoms with Crippen molar-refractivity contribution in [2.75, 3.05) is 26.2 Å². The number of aromatic nitrogens is 2. The Hall–Kier alpha value is -1.89. The van der Waals surface area contributed by atoms with Crippen LogP contribution >= 0.6 is 0 Å². The van der Waals surface area contributed by atoms with Crippen molar-refractivity contribution >= 4 is 11.8 Å². The predicted octanol–water partition coefficient (Wildman–Crippen LogP) is 0.562. The van der Waals surface area contributed by atoms with E-state index < -0.39 is 5.54 Å². The smallest absolute Gasteiger partial charge is 0.275 e. The zero-order chi connectivity index (χ0) is 16.4. The van der Waals surface area contributed by atoms with E-state index in [0.29, 0.717) is 38.2 Å². The van der Waals surface area contributed by atoms with E-state index in [9.17, 15) is 9.59 Å². The summed E-state index contributed by atoms with van der Waals surface area (Å²) in [5.74, 6) is -0.187. The number of hydrogen-bond donors (Lipinski definition) is 2. The van der Waals surface area contributed by atoms with Crippen LogP contribution in [0, 0.1) is 0 Å². The fraction of sp³-hybridized carbons (Fsp3) is 0.688. The number of piperidine rings is 1. The number of β-amino-alcohol motifs (C(OH)–C–C–N with tert-alkyl or cyclic N) is 1. The van der Waals surface area contributed by atoms with Gasteiger partial charge in [-0.25, -0.2) is 0 Å². The molecule has 2 N–H and O–H groups in total. The minimum absolute atomic E-state index is 0.0186. The number of aliphatic hydroxyl groups is 1. The number of H-pyrrole nitrogens is 1. The Labute approximate surface area is 135 Å². The van der Waals surface area contributed by atoms with Crippen molar-refractivity contribution in [1.82, 2.24) is 20.0 Å². The molecule has 23 heavy (non-hydrogen) atoms. The van der Waals surface area contributed by atoms with Crippen LogP contribution in [0.1, 0.15) is 48.8 Å². The average molecular weight is 320 g/mol. The fourth-order valence-electron chi connectivity index (χ4n) is 3.85. The number of amides is 2. The Bertz CT molecular complexity index is 598. The molecule has 1 aromatic heterocycles. The number of rotatable bonds is 4. The van der Waals surface area contributed by atoms with Crippen molar-refractivity contribution in [3.63, 3.8) is 0 Å². The lowest BCUT2D eigenvalue weighted by Gasteiger charge is -2.44. The maximum atomic E-state index is 12.9. The minimum atomic E-state index is -0.740. The number of carbonyl (C=O) groups excluding carboxylic acids is 2. The second kappa shape index (κ2) is 6.31. The number of hydrogen-bond acceptors (Lipinski definition) is 4. The third-order valence-electron chi connectivity index (χ3n) is 5.04. The lowest BCUT2D eigenvalue weighted by Crippen LogP contribution is -2.61. The van der Waals surface area contributed by atoms with Crippen LogP contribution in [0.5, 0.6) is 0 Å². The predicted molar refractivity (Wildman–Crippen MR) is 83.9 cm³/mol. The molecule has 0 saturated carbocycles. The minimum Gasteiger partial charge on any atom is -0.395 e. The van der Waals surface area contributed by atoms with Gasteiger partial charge in [0, 0.05) is 25.3 Å². The summed E-state index contributed by atoms with van der Waals surface area (Å²) in [5, 5.41) is 16.1. The molecule has 2 aliphatic heterocycles. The molecule has 1 atom stereocenters. The van der Waals surface area contributed by atoms with Crippen LogP contribution < -0.4 is 0 Å². The van der Waals surface area contributed by atoms with Crippen molar-refractivity contribution in [3.8, 4) is 0 Å². The molecule has 0 radical (unpaired) electrons. The molecule has 2 saturated heterocycles.